The van der Waals surface area contributed by atoms with Crippen LogP contribution >= 0.6 is 0 Å². The van der Waals surface area contributed by atoms with Gasteiger partial charge in [-0.2, -0.15) is 0 Å². The average Bonchev–Trinajstić information content (AvgIpc) is 2.48. The molecule has 0 aliphatic heterocycles. The van der Waals surface area contributed by atoms with Gasteiger partial charge in [0.15, 0.2) is 0 Å². The molecule has 1 heteroatoms. The molecule has 1 radical (unpaired) electrons. The van der Waals surface area contributed by atoms with E-state index in [-0.39, 0.29) is 6.10 Å². The Hall–Kier alpha value is -0.0400. The third-order valence-electron chi connectivity index (χ3n) is 1.63. The lowest BCUT2D eigenvalue weighted by atomic mass is 10.3. The molecule has 1 saturated carbocycles. The minimum Gasteiger partial charge on any atom is -0.378 e. The van der Waals surface area contributed by atoms with Crippen molar-refractivity contribution >= 4 is 0 Å². The predicted molar refractivity (Wildman–Crippen MR) is 38.1 cm³/mol. The first-order valence-electron chi connectivity index (χ1n) is 3.73. The van der Waals surface area contributed by atoms with Crippen LogP contribution in [-0.4, -0.2) is 12.7 Å². The lowest BCUT2D eigenvalue weighted by Gasteiger charge is -2.04. The first kappa shape index (κ1) is 7.07. The maximum atomic E-state index is 5.28. The molecule has 0 spiro atoms. The second-order valence-corrected chi connectivity index (χ2v) is 2.91. The van der Waals surface area contributed by atoms with E-state index in [2.05, 4.69) is 6.92 Å². The van der Waals surface area contributed by atoms with Gasteiger partial charge in [0.1, 0.15) is 0 Å². The highest BCUT2D eigenvalue weighted by Gasteiger charge is 2.20. The fraction of sp³-hybridized carbons (Fsp3) is 0.875. The minimum absolute atomic E-state index is 0.170. The molecule has 1 unspecified atom stereocenters. The molecule has 0 aromatic rings. The third kappa shape index (κ3) is 3.52. The Morgan fingerprint density at radius 1 is 1.67 bits per heavy atom. The largest absolute Gasteiger partial charge is 0.378 e. The number of hydrogen-bond donors (Lipinski definition) is 0. The summed E-state index contributed by atoms with van der Waals surface area (Å²) >= 11 is 0. The van der Waals surface area contributed by atoms with Gasteiger partial charge in [-0.15, -0.1) is 0 Å². The van der Waals surface area contributed by atoms with Gasteiger partial charge in [0.05, 0.1) is 6.10 Å². The number of rotatable bonds is 4. The topological polar surface area (TPSA) is 9.23 Å². The van der Waals surface area contributed by atoms with Crippen molar-refractivity contribution in [2.24, 2.45) is 5.92 Å². The van der Waals surface area contributed by atoms with E-state index in [1.807, 2.05) is 6.92 Å². The van der Waals surface area contributed by atoms with Gasteiger partial charge in [0, 0.05) is 6.61 Å². The van der Waals surface area contributed by atoms with Crippen molar-refractivity contribution in [1.82, 2.24) is 0 Å². The molecule has 0 saturated heterocycles. The normalized spacial score (nSPS) is 19.0. The van der Waals surface area contributed by atoms with E-state index in [1.54, 1.807) is 0 Å². The standard InChI is InChI=1S/C8H15O/c1-7(2)9-6-5-8-3-4-8/h7-8H,1,3-6H2,2H3. The zero-order valence-corrected chi connectivity index (χ0v) is 6.10. The Labute approximate surface area is 57.4 Å². The molecule has 0 N–H and O–H groups in total. The van der Waals surface area contributed by atoms with Crippen molar-refractivity contribution in [3.63, 3.8) is 0 Å². The van der Waals surface area contributed by atoms with Crippen LogP contribution < -0.4 is 0 Å². The molecule has 0 heterocycles. The lowest BCUT2D eigenvalue weighted by molar-refractivity contribution is 0.0907. The van der Waals surface area contributed by atoms with Gasteiger partial charge in [-0.05, 0) is 26.2 Å². The molecule has 1 aliphatic rings. The Morgan fingerprint density at radius 3 is 2.78 bits per heavy atom. The highest BCUT2D eigenvalue weighted by molar-refractivity contribution is 4.72. The fourth-order valence-corrected chi connectivity index (χ4v) is 0.842. The van der Waals surface area contributed by atoms with Crippen LogP contribution in [0.1, 0.15) is 26.2 Å². The lowest BCUT2D eigenvalue weighted by Crippen LogP contribution is -2.04. The zero-order chi connectivity index (χ0) is 6.69. The van der Waals surface area contributed by atoms with E-state index >= 15 is 0 Å². The third-order valence-corrected chi connectivity index (χ3v) is 1.63. The van der Waals surface area contributed by atoms with Gasteiger partial charge in [-0.25, -0.2) is 0 Å². The maximum Gasteiger partial charge on any atom is 0.0547 e. The molecule has 0 bridgehead atoms. The van der Waals surface area contributed by atoms with E-state index in [4.69, 9.17) is 4.74 Å². The van der Waals surface area contributed by atoms with Crippen LogP contribution in [0, 0.1) is 12.8 Å². The molecule has 0 aromatic heterocycles. The average molecular weight is 127 g/mol. The molecule has 1 fully saturated rings. The molecular formula is C8H15O. The van der Waals surface area contributed by atoms with Crippen molar-refractivity contribution in [2.45, 2.75) is 32.3 Å². The number of hydrogen-bond acceptors (Lipinski definition) is 1. The number of ether oxygens (including phenoxy) is 1. The van der Waals surface area contributed by atoms with Crippen LogP contribution in [0.15, 0.2) is 0 Å². The maximum absolute atomic E-state index is 5.28. The zero-order valence-electron chi connectivity index (χ0n) is 6.10. The Morgan fingerprint density at radius 2 is 2.33 bits per heavy atom. The molecule has 1 aliphatic carbocycles. The summed E-state index contributed by atoms with van der Waals surface area (Å²) in [5.74, 6) is 0.990. The summed E-state index contributed by atoms with van der Waals surface area (Å²) in [6.45, 7) is 6.62. The van der Waals surface area contributed by atoms with Gasteiger partial charge < -0.3 is 4.74 Å². The van der Waals surface area contributed by atoms with Crippen LogP contribution in [-0.2, 0) is 4.74 Å². The molecule has 1 nitrogen and oxygen atoms in total. The van der Waals surface area contributed by atoms with Crippen LogP contribution in [0.3, 0.4) is 0 Å². The smallest absolute Gasteiger partial charge is 0.0547 e. The van der Waals surface area contributed by atoms with E-state index in [0.717, 1.165) is 12.5 Å². The Balaban J connectivity index is 1.81. The van der Waals surface area contributed by atoms with E-state index in [1.165, 1.54) is 19.3 Å². The van der Waals surface area contributed by atoms with Gasteiger partial charge in [0.25, 0.3) is 0 Å². The van der Waals surface area contributed by atoms with Crippen molar-refractivity contribution in [3.05, 3.63) is 6.92 Å². The van der Waals surface area contributed by atoms with Crippen molar-refractivity contribution in [2.75, 3.05) is 6.61 Å². The SMILES string of the molecule is [CH2]C(C)OCCC1CC1. The summed E-state index contributed by atoms with van der Waals surface area (Å²) in [7, 11) is 0. The van der Waals surface area contributed by atoms with E-state index in [9.17, 15) is 0 Å². The van der Waals surface area contributed by atoms with Crippen molar-refractivity contribution in [3.8, 4) is 0 Å². The monoisotopic (exact) mass is 127 g/mol. The summed E-state index contributed by atoms with van der Waals surface area (Å²) in [5.41, 5.74) is 0. The van der Waals surface area contributed by atoms with Gasteiger partial charge in [0.2, 0.25) is 0 Å². The summed E-state index contributed by atoms with van der Waals surface area (Å²) in [5, 5.41) is 0. The summed E-state index contributed by atoms with van der Waals surface area (Å²) in [6.07, 6.45) is 4.27. The van der Waals surface area contributed by atoms with E-state index < -0.39 is 0 Å². The van der Waals surface area contributed by atoms with Gasteiger partial charge in [-0.3, -0.25) is 0 Å². The molecule has 53 valence electrons. The summed E-state index contributed by atoms with van der Waals surface area (Å²) in [4.78, 5) is 0. The van der Waals surface area contributed by atoms with Crippen molar-refractivity contribution in [1.29, 1.82) is 0 Å². The highest BCUT2D eigenvalue weighted by atomic mass is 16.5. The quantitative estimate of drug-likeness (QED) is 0.561. The van der Waals surface area contributed by atoms with Gasteiger partial charge in [-0.1, -0.05) is 12.8 Å². The minimum atomic E-state index is 0.170. The van der Waals surface area contributed by atoms with Gasteiger partial charge >= 0.3 is 0 Å². The van der Waals surface area contributed by atoms with Crippen molar-refractivity contribution < 1.29 is 4.74 Å². The molecule has 9 heavy (non-hydrogen) atoms. The van der Waals surface area contributed by atoms with Crippen LogP contribution in [0.5, 0.6) is 0 Å². The Bertz CT molecular complexity index is 72.6. The predicted octanol–water partition coefficient (Wildman–Crippen LogP) is 2.03. The first-order chi connectivity index (χ1) is 4.29. The van der Waals surface area contributed by atoms with E-state index in [0.29, 0.717) is 0 Å². The van der Waals surface area contributed by atoms with Crippen LogP contribution in [0.4, 0.5) is 0 Å². The first-order valence-corrected chi connectivity index (χ1v) is 3.73. The molecular weight excluding hydrogens is 112 g/mol. The molecule has 1 atom stereocenters. The summed E-state index contributed by atoms with van der Waals surface area (Å²) < 4.78 is 5.28. The highest BCUT2D eigenvalue weighted by Crippen LogP contribution is 2.32. The van der Waals surface area contributed by atoms with Crippen LogP contribution in [0.25, 0.3) is 0 Å². The molecule has 1 rings (SSSR count). The second kappa shape index (κ2) is 3.21. The fourth-order valence-electron chi connectivity index (χ4n) is 0.842. The van der Waals surface area contributed by atoms with Crippen LogP contribution in [0.2, 0.25) is 0 Å². The molecule has 0 amide bonds. The second-order valence-electron chi connectivity index (χ2n) is 2.91. The molecule has 0 aromatic carbocycles. The summed E-state index contributed by atoms with van der Waals surface area (Å²) in [6, 6.07) is 0. The Kier molecular flexibility index (Phi) is 2.52.